The van der Waals surface area contributed by atoms with E-state index in [0.717, 1.165) is 44.4 Å². The molecule has 0 aliphatic carbocycles. The van der Waals surface area contributed by atoms with Gasteiger partial charge in [-0.1, -0.05) is 115 Å². The van der Waals surface area contributed by atoms with E-state index in [4.69, 9.17) is 4.42 Å². The van der Waals surface area contributed by atoms with Crippen molar-refractivity contribution in [1.29, 1.82) is 0 Å². The number of fused-ring (bicyclic) bond motifs is 10. The SMILES string of the molecule is c1ccc2cc(-n3c4ccccc4c4cc5c6ccccc6n(-c6ccc(-c7cccc8c7oc7ccccc78)cc6)c5cc43)ccc2c1. The maximum Gasteiger partial charge on any atom is 0.143 e. The summed E-state index contributed by atoms with van der Waals surface area (Å²) < 4.78 is 11.2. The molecule has 0 bridgehead atoms. The molecule has 49 heavy (non-hydrogen) atoms. The van der Waals surface area contributed by atoms with Crippen LogP contribution < -0.4 is 0 Å². The van der Waals surface area contributed by atoms with E-state index in [9.17, 15) is 0 Å². The largest absolute Gasteiger partial charge is 0.455 e. The molecule has 0 N–H and O–H groups in total. The molecular weight excluding hydrogens is 597 g/mol. The third-order valence-corrected chi connectivity index (χ3v) is 10.3. The summed E-state index contributed by atoms with van der Waals surface area (Å²) in [6, 6.07) is 61.3. The molecule has 0 atom stereocenters. The Morgan fingerprint density at radius 3 is 1.69 bits per heavy atom. The number of rotatable bonds is 3. The van der Waals surface area contributed by atoms with E-state index in [0.29, 0.717) is 0 Å². The molecule has 228 valence electrons. The maximum atomic E-state index is 6.39. The predicted molar refractivity (Wildman–Crippen MR) is 205 cm³/mol. The van der Waals surface area contributed by atoms with Gasteiger partial charge in [-0.15, -0.1) is 0 Å². The zero-order valence-corrected chi connectivity index (χ0v) is 26.5. The molecule has 11 aromatic rings. The van der Waals surface area contributed by atoms with Crippen LogP contribution in [0, 0.1) is 0 Å². The standard InChI is InChI=1S/C46H28N2O/c1-2-11-31-26-33(25-20-29(31)10-1)48-42-18-7-4-13-36(42)40-27-39-35-12-3-6-17-41(35)47(43(39)28-44(40)48)32-23-21-30(22-24-32)34-15-9-16-38-37-14-5-8-19-45(37)49-46(34)38/h1-28H. The van der Waals surface area contributed by atoms with Gasteiger partial charge in [-0.3, -0.25) is 0 Å². The van der Waals surface area contributed by atoms with Gasteiger partial charge < -0.3 is 13.6 Å². The second kappa shape index (κ2) is 9.96. The zero-order valence-electron chi connectivity index (χ0n) is 26.5. The smallest absolute Gasteiger partial charge is 0.143 e. The minimum absolute atomic E-state index is 0.916. The van der Waals surface area contributed by atoms with E-state index < -0.39 is 0 Å². The van der Waals surface area contributed by atoms with Crippen molar-refractivity contribution in [3.63, 3.8) is 0 Å². The Balaban J connectivity index is 1.15. The van der Waals surface area contributed by atoms with Gasteiger partial charge in [-0.05, 0) is 70.9 Å². The van der Waals surface area contributed by atoms with Crippen molar-refractivity contribution in [2.75, 3.05) is 0 Å². The van der Waals surface area contributed by atoms with E-state index in [1.807, 2.05) is 12.1 Å². The highest BCUT2D eigenvalue weighted by molar-refractivity contribution is 6.19. The summed E-state index contributed by atoms with van der Waals surface area (Å²) in [5, 5.41) is 9.79. The molecule has 0 saturated carbocycles. The molecule has 3 heterocycles. The van der Waals surface area contributed by atoms with Crippen molar-refractivity contribution >= 4 is 76.3 Å². The molecule has 11 rings (SSSR count). The van der Waals surface area contributed by atoms with E-state index in [2.05, 4.69) is 167 Å². The second-order valence-corrected chi connectivity index (χ2v) is 13.0. The second-order valence-electron chi connectivity index (χ2n) is 13.0. The van der Waals surface area contributed by atoms with Crippen LogP contribution in [0.1, 0.15) is 0 Å². The van der Waals surface area contributed by atoms with Gasteiger partial charge in [0.05, 0.1) is 22.1 Å². The molecule has 0 aliphatic rings. The Bertz CT molecular complexity index is 3100. The quantitative estimate of drug-likeness (QED) is 0.192. The van der Waals surface area contributed by atoms with Crippen molar-refractivity contribution < 1.29 is 4.42 Å². The zero-order chi connectivity index (χ0) is 32.1. The summed E-state index contributed by atoms with van der Waals surface area (Å²) in [4.78, 5) is 0. The normalized spacial score (nSPS) is 12.1. The highest BCUT2D eigenvalue weighted by Gasteiger charge is 2.19. The van der Waals surface area contributed by atoms with Crippen LogP contribution >= 0.6 is 0 Å². The van der Waals surface area contributed by atoms with Gasteiger partial charge in [-0.2, -0.15) is 0 Å². The Kier molecular flexibility index (Phi) is 5.38. The van der Waals surface area contributed by atoms with Gasteiger partial charge >= 0.3 is 0 Å². The Morgan fingerprint density at radius 2 is 0.939 bits per heavy atom. The lowest BCUT2D eigenvalue weighted by Gasteiger charge is -2.11. The van der Waals surface area contributed by atoms with Crippen molar-refractivity contribution in [2.24, 2.45) is 0 Å². The van der Waals surface area contributed by atoms with Gasteiger partial charge in [0.2, 0.25) is 0 Å². The molecule has 0 unspecified atom stereocenters. The van der Waals surface area contributed by atoms with Crippen molar-refractivity contribution in [3.8, 4) is 22.5 Å². The van der Waals surface area contributed by atoms with Crippen molar-refractivity contribution in [1.82, 2.24) is 9.13 Å². The van der Waals surface area contributed by atoms with E-state index in [-0.39, 0.29) is 0 Å². The molecule has 3 heteroatoms. The third kappa shape index (κ3) is 3.78. The summed E-state index contributed by atoms with van der Waals surface area (Å²) in [6.07, 6.45) is 0. The Hall–Kier alpha value is -6.58. The molecule has 8 aromatic carbocycles. The van der Waals surface area contributed by atoms with Gasteiger partial charge in [0.1, 0.15) is 11.2 Å². The fourth-order valence-corrected chi connectivity index (χ4v) is 8.07. The van der Waals surface area contributed by atoms with Crippen molar-refractivity contribution in [3.05, 3.63) is 170 Å². The average Bonchev–Trinajstić information content (AvgIpc) is 3.81. The lowest BCUT2D eigenvalue weighted by atomic mass is 10.0. The highest BCUT2D eigenvalue weighted by Crippen LogP contribution is 2.41. The van der Waals surface area contributed by atoms with Crippen LogP contribution in [0.3, 0.4) is 0 Å². The molecule has 0 saturated heterocycles. The Labute approximate surface area is 281 Å². The van der Waals surface area contributed by atoms with Gasteiger partial charge in [0.15, 0.2) is 0 Å². The van der Waals surface area contributed by atoms with Crippen LogP contribution in [0.25, 0.3) is 98.8 Å². The van der Waals surface area contributed by atoms with Crippen molar-refractivity contribution in [2.45, 2.75) is 0 Å². The molecular formula is C46H28N2O. The number of furan rings is 1. The first-order valence-electron chi connectivity index (χ1n) is 16.8. The molecule has 0 aliphatic heterocycles. The van der Waals surface area contributed by atoms with Crippen LogP contribution in [-0.2, 0) is 0 Å². The van der Waals surface area contributed by atoms with Gasteiger partial charge in [0, 0.05) is 49.3 Å². The van der Waals surface area contributed by atoms with E-state index in [1.54, 1.807) is 0 Å². The van der Waals surface area contributed by atoms with Crippen LogP contribution in [0.5, 0.6) is 0 Å². The van der Waals surface area contributed by atoms with Gasteiger partial charge in [0.25, 0.3) is 0 Å². The van der Waals surface area contributed by atoms with E-state index >= 15 is 0 Å². The summed E-state index contributed by atoms with van der Waals surface area (Å²) >= 11 is 0. The predicted octanol–water partition coefficient (Wildman–Crippen LogP) is 12.6. The van der Waals surface area contributed by atoms with Crippen LogP contribution in [-0.4, -0.2) is 9.13 Å². The monoisotopic (exact) mass is 624 g/mol. The first kappa shape index (κ1) is 26.5. The topological polar surface area (TPSA) is 23.0 Å². The minimum atomic E-state index is 0.916. The number of para-hydroxylation sites is 4. The molecule has 0 spiro atoms. The van der Waals surface area contributed by atoms with Crippen LogP contribution in [0.2, 0.25) is 0 Å². The van der Waals surface area contributed by atoms with Crippen LogP contribution in [0.4, 0.5) is 0 Å². The van der Waals surface area contributed by atoms with Gasteiger partial charge in [-0.25, -0.2) is 0 Å². The number of nitrogens with zero attached hydrogens (tertiary/aromatic N) is 2. The summed E-state index contributed by atoms with van der Waals surface area (Å²) in [5.74, 6) is 0. The summed E-state index contributed by atoms with van der Waals surface area (Å²) in [6.45, 7) is 0. The van der Waals surface area contributed by atoms with E-state index in [1.165, 1.54) is 54.4 Å². The Morgan fingerprint density at radius 1 is 0.347 bits per heavy atom. The molecule has 3 nitrogen and oxygen atoms in total. The molecule has 3 aromatic heterocycles. The fourth-order valence-electron chi connectivity index (χ4n) is 8.07. The number of hydrogen-bond acceptors (Lipinski definition) is 1. The molecule has 0 fully saturated rings. The number of aromatic nitrogens is 2. The lowest BCUT2D eigenvalue weighted by Crippen LogP contribution is -1.96. The highest BCUT2D eigenvalue weighted by atomic mass is 16.3. The lowest BCUT2D eigenvalue weighted by molar-refractivity contribution is 0.670. The third-order valence-electron chi connectivity index (χ3n) is 10.3. The summed E-state index contributed by atoms with van der Waals surface area (Å²) in [7, 11) is 0. The first-order chi connectivity index (χ1) is 24.3. The number of hydrogen-bond donors (Lipinski definition) is 0. The first-order valence-corrected chi connectivity index (χ1v) is 16.8. The molecule has 0 radical (unpaired) electrons. The summed E-state index contributed by atoms with van der Waals surface area (Å²) in [5.41, 5.74) is 11.1. The minimum Gasteiger partial charge on any atom is -0.455 e. The average molecular weight is 625 g/mol. The van der Waals surface area contributed by atoms with Crippen LogP contribution in [0.15, 0.2) is 174 Å². The number of benzene rings is 8. The fraction of sp³-hybridized carbons (Fsp3) is 0. The molecule has 0 amide bonds. The maximum absolute atomic E-state index is 6.39.